The fraction of sp³-hybridized carbons (Fsp3) is 0.364. The lowest BCUT2D eigenvalue weighted by Crippen LogP contribution is -2.53. The molecule has 2 N–H and O–H groups in total. The van der Waals surface area contributed by atoms with Gasteiger partial charge in [-0.15, -0.1) is 0 Å². The summed E-state index contributed by atoms with van der Waals surface area (Å²) in [5.41, 5.74) is 3.82. The Labute approximate surface area is 237 Å². The van der Waals surface area contributed by atoms with Crippen LogP contribution in [0.3, 0.4) is 0 Å². The Morgan fingerprint density at radius 2 is 1.45 bits per heavy atom. The van der Waals surface area contributed by atoms with Crippen LogP contribution in [-0.2, 0) is 27.3 Å². The molecule has 212 valence electrons. The number of rotatable bonds is 10. The van der Waals surface area contributed by atoms with E-state index in [1.807, 2.05) is 99.6 Å². The predicted octanol–water partition coefficient (Wildman–Crippen LogP) is 5.65. The molecule has 3 rings (SSSR count). The van der Waals surface area contributed by atoms with Crippen LogP contribution in [0, 0.1) is 13.8 Å². The first-order valence-electron chi connectivity index (χ1n) is 13.7. The molecule has 7 nitrogen and oxygen atoms in total. The number of nitrogens with zero attached hydrogens (tertiary/aromatic N) is 1. The van der Waals surface area contributed by atoms with Crippen LogP contribution in [0.1, 0.15) is 61.6 Å². The summed E-state index contributed by atoms with van der Waals surface area (Å²) < 4.78 is 5.48. The van der Waals surface area contributed by atoms with Gasteiger partial charge in [0.2, 0.25) is 11.8 Å². The first-order valence-corrected chi connectivity index (χ1v) is 13.7. The van der Waals surface area contributed by atoms with E-state index in [1.54, 1.807) is 25.7 Å². The monoisotopic (exact) mass is 543 g/mol. The maximum absolute atomic E-state index is 14.2. The summed E-state index contributed by atoms with van der Waals surface area (Å²) in [7, 11) is 0. The molecule has 0 heterocycles. The summed E-state index contributed by atoms with van der Waals surface area (Å²) in [4.78, 5) is 42.5. The van der Waals surface area contributed by atoms with Crippen molar-refractivity contribution in [3.05, 3.63) is 107 Å². The molecule has 3 aromatic rings. The van der Waals surface area contributed by atoms with Gasteiger partial charge in [0.1, 0.15) is 17.7 Å². The van der Waals surface area contributed by atoms with E-state index in [9.17, 15) is 14.4 Å². The van der Waals surface area contributed by atoms with Crippen molar-refractivity contribution in [1.29, 1.82) is 0 Å². The van der Waals surface area contributed by atoms with E-state index in [2.05, 4.69) is 10.6 Å². The van der Waals surface area contributed by atoms with E-state index >= 15 is 0 Å². The summed E-state index contributed by atoms with van der Waals surface area (Å²) in [5, 5.41) is 5.81. The number of aryl methyl sites for hydroxylation is 1. The molecule has 0 saturated carbocycles. The molecule has 3 aromatic carbocycles. The number of hydrogen-bond acceptors (Lipinski definition) is 4. The quantitative estimate of drug-likeness (QED) is 0.346. The first-order chi connectivity index (χ1) is 19.0. The van der Waals surface area contributed by atoms with Crippen molar-refractivity contribution in [1.82, 2.24) is 15.5 Å². The number of benzene rings is 3. The Morgan fingerprint density at radius 3 is 2.02 bits per heavy atom. The van der Waals surface area contributed by atoms with Crippen LogP contribution in [0.15, 0.2) is 78.9 Å². The van der Waals surface area contributed by atoms with Gasteiger partial charge in [0.25, 0.3) is 0 Å². The second-order valence-electron chi connectivity index (χ2n) is 10.9. The van der Waals surface area contributed by atoms with E-state index in [0.717, 1.165) is 27.8 Å². The molecule has 0 aliphatic carbocycles. The van der Waals surface area contributed by atoms with Gasteiger partial charge >= 0.3 is 6.09 Å². The van der Waals surface area contributed by atoms with Crippen LogP contribution in [0.2, 0.25) is 0 Å². The van der Waals surface area contributed by atoms with Gasteiger partial charge in [-0.2, -0.15) is 0 Å². The molecule has 7 heteroatoms. The second-order valence-corrected chi connectivity index (χ2v) is 10.9. The first kappa shape index (κ1) is 30.4. The smallest absolute Gasteiger partial charge is 0.408 e. The predicted molar refractivity (Wildman–Crippen MR) is 158 cm³/mol. The Balaban J connectivity index is 1.98. The van der Waals surface area contributed by atoms with E-state index in [-0.39, 0.29) is 24.8 Å². The average Bonchev–Trinajstić information content (AvgIpc) is 2.91. The van der Waals surface area contributed by atoms with Gasteiger partial charge in [0.05, 0.1) is 0 Å². The second kappa shape index (κ2) is 13.8. The van der Waals surface area contributed by atoms with Crippen molar-refractivity contribution in [3.8, 4) is 0 Å². The number of carbonyl (C=O) groups excluding carboxylic acids is 3. The minimum Gasteiger partial charge on any atom is -0.444 e. The van der Waals surface area contributed by atoms with Crippen LogP contribution in [-0.4, -0.2) is 41.0 Å². The number of hydrogen-bond donors (Lipinski definition) is 2. The molecule has 2 unspecified atom stereocenters. The fourth-order valence-electron chi connectivity index (χ4n) is 4.57. The number of likely N-dealkylation sites (N-methyl/N-ethyl adjacent to an activating group) is 1. The topological polar surface area (TPSA) is 87.7 Å². The molecule has 0 aliphatic heterocycles. The lowest BCUT2D eigenvalue weighted by atomic mass is 9.94. The van der Waals surface area contributed by atoms with Gasteiger partial charge in [-0.05, 0) is 69.4 Å². The maximum Gasteiger partial charge on any atom is 0.408 e. The van der Waals surface area contributed by atoms with Crippen molar-refractivity contribution >= 4 is 17.9 Å². The largest absolute Gasteiger partial charge is 0.444 e. The molecule has 0 saturated heterocycles. The minimum atomic E-state index is -0.938. The molecule has 0 radical (unpaired) electrons. The molecular formula is C33H41N3O4. The van der Waals surface area contributed by atoms with E-state index in [4.69, 9.17) is 4.74 Å². The van der Waals surface area contributed by atoms with Gasteiger partial charge in [-0.25, -0.2) is 4.79 Å². The number of nitrogens with one attached hydrogen (secondary N) is 2. The molecule has 0 fully saturated rings. The Morgan fingerprint density at radius 1 is 0.850 bits per heavy atom. The highest BCUT2D eigenvalue weighted by Crippen LogP contribution is 2.27. The molecule has 0 spiro atoms. The van der Waals surface area contributed by atoms with E-state index in [1.165, 1.54) is 0 Å². The Hall–Kier alpha value is -4.13. The average molecular weight is 544 g/mol. The van der Waals surface area contributed by atoms with Crippen LogP contribution in [0.4, 0.5) is 4.79 Å². The lowest BCUT2D eigenvalue weighted by Gasteiger charge is -2.34. The van der Waals surface area contributed by atoms with Crippen molar-refractivity contribution in [2.24, 2.45) is 0 Å². The highest BCUT2D eigenvalue weighted by molar-refractivity contribution is 5.92. The van der Waals surface area contributed by atoms with Crippen LogP contribution < -0.4 is 10.6 Å². The lowest BCUT2D eigenvalue weighted by molar-refractivity contribution is -0.142. The SMILES string of the molecule is CCN(C(=O)C(Cc1ccccc1)NC(=O)OC(C)(C)C)C(C(=O)NCc1ccccc1)c1cccc(C)c1C. The summed E-state index contributed by atoms with van der Waals surface area (Å²) in [6.07, 6.45) is -0.435. The van der Waals surface area contributed by atoms with Crippen molar-refractivity contribution < 1.29 is 19.1 Å². The zero-order valence-electron chi connectivity index (χ0n) is 24.4. The van der Waals surface area contributed by atoms with Gasteiger partial charge in [0.15, 0.2) is 0 Å². The van der Waals surface area contributed by atoms with Crippen molar-refractivity contribution in [3.63, 3.8) is 0 Å². The number of ether oxygens (including phenoxy) is 1. The maximum atomic E-state index is 14.2. The van der Waals surface area contributed by atoms with Crippen LogP contribution in [0.25, 0.3) is 0 Å². The summed E-state index contributed by atoms with van der Waals surface area (Å²) in [6, 6.07) is 23.1. The third-order valence-electron chi connectivity index (χ3n) is 6.71. The summed E-state index contributed by atoms with van der Waals surface area (Å²) >= 11 is 0. The highest BCUT2D eigenvalue weighted by Gasteiger charge is 2.36. The van der Waals surface area contributed by atoms with Crippen LogP contribution in [0.5, 0.6) is 0 Å². The van der Waals surface area contributed by atoms with Crippen LogP contribution >= 0.6 is 0 Å². The fourth-order valence-corrected chi connectivity index (χ4v) is 4.57. The number of alkyl carbamates (subject to hydrolysis) is 1. The molecule has 0 aromatic heterocycles. The molecule has 40 heavy (non-hydrogen) atoms. The minimum absolute atomic E-state index is 0.251. The molecular weight excluding hydrogens is 502 g/mol. The van der Waals surface area contributed by atoms with Gasteiger partial charge in [-0.3, -0.25) is 9.59 Å². The standard InChI is InChI=1S/C33H41N3O4/c1-7-36(31(38)28(21-25-16-10-8-11-17-25)35-32(39)40-33(4,5)6)29(27-20-14-15-23(2)24(27)3)30(37)34-22-26-18-12-9-13-19-26/h8-20,28-29H,7,21-22H2,1-6H3,(H,34,37)(H,35,39). The number of amides is 3. The summed E-state index contributed by atoms with van der Waals surface area (Å²) in [6.45, 7) is 11.7. The molecule has 0 aliphatic rings. The summed E-state index contributed by atoms with van der Waals surface area (Å²) in [5.74, 6) is -0.651. The van der Waals surface area contributed by atoms with Gasteiger partial charge < -0.3 is 20.3 Å². The van der Waals surface area contributed by atoms with Gasteiger partial charge in [0, 0.05) is 19.5 Å². The number of carbonyl (C=O) groups is 3. The third-order valence-corrected chi connectivity index (χ3v) is 6.71. The van der Waals surface area contributed by atoms with Crippen molar-refractivity contribution in [2.75, 3.05) is 6.54 Å². The van der Waals surface area contributed by atoms with E-state index in [0.29, 0.717) is 6.54 Å². The Bertz CT molecular complexity index is 1290. The highest BCUT2D eigenvalue weighted by atomic mass is 16.6. The third kappa shape index (κ3) is 8.43. The van der Waals surface area contributed by atoms with Gasteiger partial charge in [-0.1, -0.05) is 78.9 Å². The zero-order chi connectivity index (χ0) is 29.3. The molecule has 3 amide bonds. The molecule has 0 bridgehead atoms. The zero-order valence-corrected chi connectivity index (χ0v) is 24.4. The normalized spacial score (nSPS) is 12.7. The molecule has 2 atom stereocenters. The Kier molecular flexibility index (Phi) is 10.5. The van der Waals surface area contributed by atoms with Crippen molar-refractivity contribution in [2.45, 2.75) is 72.2 Å². The van der Waals surface area contributed by atoms with E-state index < -0.39 is 23.8 Å².